The van der Waals surface area contributed by atoms with Crippen molar-refractivity contribution in [3.05, 3.63) is 23.9 Å². The van der Waals surface area contributed by atoms with Gasteiger partial charge >= 0.3 is 0 Å². The van der Waals surface area contributed by atoms with E-state index in [0.29, 0.717) is 12.6 Å². The number of aromatic nitrogens is 1. The Bertz CT molecular complexity index is 522. The zero-order valence-corrected chi connectivity index (χ0v) is 15.5. The summed E-state index contributed by atoms with van der Waals surface area (Å²) in [6.07, 6.45) is 2.97. The lowest BCUT2D eigenvalue weighted by Gasteiger charge is -2.33. The highest BCUT2D eigenvalue weighted by atomic mass is 15.3. The molecule has 1 aromatic rings. The van der Waals surface area contributed by atoms with E-state index >= 15 is 0 Å². The van der Waals surface area contributed by atoms with Crippen LogP contribution in [-0.4, -0.2) is 61.7 Å². The summed E-state index contributed by atoms with van der Waals surface area (Å²) in [6, 6.07) is 4.64. The Hall–Kier alpha value is -1.82. The highest BCUT2D eigenvalue weighted by Gasteiger charge is 2.15. The average Bonchev–Trinajstić information content (AvgIpc) is 2.60. The average molecular weight is 332 g/mol. The molecule has 134 valence electrons. The van der Waals surface area contributed by atoms with Crippen LogP contribution in [0.3, 0.4) is 0 Å². The van der Waals surface area contributed by atoms with Crippen molar-refractivity contribution < 1.29 is 0 Å². The number of hydrogen-bond acceptors (Lipinski definition) is 4. The maximum Gasteiger partial charge on any atom is 0.191 e. The predicted molar refractivity (Wildman–Crippen MR) is 102 cm³/mol. The molecular formula is C18H32N6. The van der Waals surface area contributed by atoms with Crippen LogP contribution in [0.15, 0.2) is 23.3 Å². The zero-order valence-electron chi connectivity index (χ0n) is 15.5. The Morgan fingerprint density at radius 3 is 2.71 bits per heavy atom. The van der Waals surface area contributed by atoms with Gasteiger partial charge in [0.15, 0.2) is 5.96 Å². The van der Waals surface area contributed by atoms with E-state index in [2.05, 4.69) is 65.4 Å². The second-order valence-electron chi connectivity index (χ2n) is 6.46. The molecule has 0 aromatic carbocycles. The summed E-state index contributed by atoms with van der Waals surface area (Å²) in [7, 11) is 2.17. The maximum atomic E-state index is 4.71. The molecule has 1 aromatic heterocycles. The van der Waals surface area contributed by atoms with Crippen LogP contribution in [0, 0.1) is 0 Å². The molecule has 0 bridgehead atoms. The summed E-state index contributed by atoms with van der Waals surface area (Å²) < 4.78 is 0. The van der Waals surface area contributed by atoms with Gasteiger partial charge in [-0.2, -0.15) is 0 Å². The molecule has 1 fully saturated rings. The molecule has 0 saturated carbocycles. The summed E-state index contributed by atoms with van der Waals surface area (Å²) in [5.41, 5.74) is 1.19. The fourth-order valence-corrected chi connectivity index (χ4v) is 2.59. The molecule has 0 aliphatic carbocycles. The number of anilines is 1. The van der Waals surface area contributed by atoms with Crippen LogP contribution in [0.2, 0.25) is 0 Å². The van der Waals surface area contributed by atoms with E-state index in [4.69, 9.17) is 4.99 Å². The molecule has 0 radical (unpaired) electrons. The molecule has 0 amide bonds. The molecule has 0 spiro atoms. The fraction of sp³-hybridized carbons (Fsp3) is 0.667. The van der Waals surface area contributed by atoms with Gasteiger partial charge in [0.2, 0.25) is 0 Å². The minimum absolute atomic E-state index is 0.418. The van der Waals surface area contributed by atoms with Crippen molar-refractivity contribution in [3.8, 4) is 0 Å². The first-order chi connectivity index (χ1) is 11.6. The van der Waals surface area contributed by atoms with Crippen LogP contribution in [-0.2, 0) is 6.54 Å². The Kier molecular flexibility index (Phi) is 7.31. The summed E-state index contributed by atoms with van der Waals surface area (Å²) in [6.45, 7) is 12.2. The number of rotatable bonds is 6. The number of pyridine rings is 1. The van der Waals surface area contributed by atoms with Crippen molar-refractivity contribution in [2.45, 2.75) is 39.8 Å². The Morgan fingerprint density at radius 2 is 2.04 bits per heavy atom. The van der Waals surface area contributed by atoms with Crippen LogP contribution in [0.5, 0.6) is 0 Å². The van der Waals surface area contributed by atoms with E-state index < -0.39 is 0 Å². The second kappa shape index (κ2) is 9.47. The highest BCUT2D eigenvalue weighted by molar-refractivity contribution is 5.80. The molecule has 1 saturated heterocycles. The number of piperazine rings is 1. The third-order valence-corrected chi connectivity index (χ3v) is 4.40. The van der Waals surface area contributed by atoms with Gasteiger partial charge in [-0.05, 0) is 45.0 Å². The smallest absolute Gasteiger partial charge is 0.191 e. The first-order valence-electron chi connectivity index (χ1n) is 9.05. The van der Waals surface area contributed by atoms with Crippen molar-refractivity contribution in [3.63, 3.8) is 0 Å². The normalized spacial score (nSPS) is 17.7. The lowest BCUT2D eigenvalue weighted by molar-refractivity contribution is 0.312. The molecule has 2 N–H and O–H groups in total. The fourth-order valence-electron chi connectivity index (χ4n) is 2.59. The first-order valence-corrected chi connectivity index (χ1v) is 9.05. The van der Waals surface area contributed by atoms with Crippen LogP contribution < -0.4 is 15.5 Å². The number of guanidine groups is 1. The van der Waals surface area contributed by atoms with Crippen LogP contribution in [0.1, 0.15) is 32.8 Å². The van der Waals surface area contributed by atoms with Gasteiger partial charge in [-0.15, -0.1) is 0 Å². The van der Waals surface area contributed by atoms with Crippen molar-refractivity contribution in [2.24, 2.45) is 4.99 Å². The molecule has 6 nitrogen and oxygen atoms in total. The van der Waals surface area contributed by atoms with Gasteiger partial charge in [-0.25, -0.2) is 9.98 Å². The maximum absolute atomic E-state index is 4.71. The van der Waals surface area contributed by atoms with E-state index in [9.17, 15) is 0 Å². The summed E-state index contributed by atoms with van der Waals surface area (Å²) in [5, 5.41) is 6.74. The molecular weight excluding hydrogens is 300 g/mol. The predicted octanol–water partition coefficient (Wildman–Crippen LogP) is 1.69. The molecule has 1 unspecified atom stereocenters. The minimum Gasteiger partial charge on any atom is -0.357 e. The van der Waals surface area contributed by atoms with Gasteiger partial charge < -0.3 is 20.4 Å². The third kappa shape index (κ3) is 5.67. The molecule has 1 atom stereocenters. The summed E-state index contributed by atoms with van der Waals surface area (Å²) >= 11 is 0. The molecule has 1 aliphatic heterocycles. The molecule has 24 heavy (non-hydrogen) atoms. The highest BCUT2D eigenvalue weighted by Crippen LogP contribution is 2.15. The minimum atomic E-state index is 0.418. The number of likely N-dealkylation sites (N-methyl/N-ethyl adjacent to an activating group) is 1. The van der Waals surface area contributed by atoms with Crippen LogP contribution in [0.4, 0.5) is 5.82 Å². The SMILES string of the molecule is CCNC(=NCc1ccnc(N2CCN(C)CC2)c1)NC(C)CC. The van der Waals surface area contributed by atoms with Gasteiger partial charge in [0.1, 0.15) is 5.82 Å². The van der Waals surface area contributed by atoms with E-state index in [-0.39, 0.29) is 0 Å². The lowest BCUT2D eigenvalue weighted by Crippen LogP contribution is -2.44. The number of hydrogen-bond donors (Lipinski definition) is 2. The molecule has 2 rings (SSSR count). The van der Waals surface area contributed by atoms with Gasteiger partial charge in [0.05, 0.1) is 6.54 Å². The number of nitrogens with one attached hydrogen (secondary N) is 2. The van der Waals surface area contributed by atoms with Gasteiger partial charge in [0, 0.05) is 45.0 Å². The molecule has 6 heteroatoms. The van der Waals surface area contributed by atoms with Gasteiger partial charge in [-0.1, -0.05) is 6.92 Å². The van der Waals surface area contributed by atoms with Crippen molar-refractivity contribution in [2.75, 3.05) is 44.7 Å². The van der Waals surface area contributed by atoms with Crippen molar-refractivity contribution in [1.82, 2.24) is 20.5 Å². The van der Waals surface area contributed by atoms with Gasteiger partial charge in [-0.3, -0.25) is 0 Å². The van der Waals surface area contributed by atoms with E-state index in [1.165, 1.54) is 5.56 Å². The third-order valence-electron chi connectivity index (χ3n) is 4.40. The quantitative estimate of drug-likeness (QED) is 0.613. The van der Waals surface area contributed by atoms with E-state index in [0.717, 1.165) is 50.9 Å². The van der Waals surface area contributed by atoms with Gasteiger partial charge in [0.25, 0.3) is 0 Å². The lowest BCUT2D eigenvalue weighted by atomic mass is 10.2. The van der Waals surface area contributed by atoms with Crippen LogP contribution >= 0.6 is 0 Å². The van der Waals surface area contributed by atoms with Crippen molar-refractivity contribution >= 4 is 11.8 Å². The Morgan fingerprint density at radius 1 is 1.29 bits per heavy atom. The van der Waals surface area contributed by atoms with Crippen LogP contribution in [0.25, 0.3) is 0 Å². The van der Waals surface area contributed by atoms with E-state index in [1.54, 1.807) is 0 Å². The van der Waals surface area contributed by atoms with Crippen molar-refractivity contribution in [1.29, 1.82) is 0 Å². The zero-order chi connectivity index (χ0) is 17.4. The molecule has 1 aliphatic rings. The molecule has 2 heterocycles. The summed E-state index contributed by atoms with van der Waals surface area (Å²) in [4.78, 5) is 14.0. The number of nitrogens with zero attached hydrogens (tertiary/aromatic N) is 4. The Labute approximate surface area is 146 Å². The Balaban J connectivity index is 2.00. The largest absolute Gasteiger partial charge is 0.357 e. The topological polar surface area (TPSA) is 55.8 Å². The standard InChI is InChI=1S/C18H32N6/c1-5-15(3)22-18(19-6-2)21-14-16-7-8-20-17(13-16)24-11-9-23(4)10-12-24/h7-8,13,15H,5-6,9-12,14H2,1-4H3,(H2,19,21,22). The van der Waals surface area contributed by atoms with E-state index in [1.807, 2.05) is 6.20 Å². The summed E-state index contributed by atoms with van der Waals surface area (Å²) in [5.74, 6) is 1.94. The number of aliphatic imine (C=N–C) groups is 1. The second-order valence-corrected chi connectivity index (χ2v) is 6.46. The monoisotopic (exact) mass is 332 g/mol. The first kappa shape index (κ1) is 18.5.